The molecule has 4 N–H and O–H groups in total. The Hall–Kier alpha value is -0.570. The number of rotatable bonds is 3. The van der Waals surface area contributed by atoms with E-state index in [1.54, 1.807) is 0 Å². The van der Waals surface area contributed by atoms with Crippen molar-refractivity contribution in [1.82, 2.24) is 0 Å². The third-order valence-electron chi connectivity index (χ3n) is 2.48. The summed E-state index contributed by atoms with van der Waals surface area (Å²) in [6, 6.07) is 0.314. The van der Waals surface area contributed by atoms with Crippen molar-refractivity contribution in [1.29, 1.82) is 0 Å². The number of amides is 1. The van der Waals surface area contributed by atoms with Crippen LogP contribution in [-0.2, 0) is 4.79 Å². The molecule has 0 aromatic heterocycles. The molecule has 1 aliphatic carbocycles. The van der Waals surface area contributed by atoms with E-state index in [0.717, 1.165) is 12.8 Å². The lowest BCUT2D eigenvalue weighted by Gasteiger charge is -2.13. The van der Waals surface area contributed by atoms with Gasteiger partial charge < -0.3 is 11.5 Å². The van der Waals surface area contributed by atoms with Gasteiger partial charge in [0.25, 0.3) is 0 Å². The first-order chi connectivity index (χ1) is 5.20. The molecule has 0 spiro atoms. The second-order valence-corrected chi connectivity index (χ2v) is 3.36. The fourth-order valence-electron chi connectivity index (χ4n) is 1.75. The molecular formula is C8H16N2O. The molecule has 1 aliphatic rings. The topological polar surface area (TPSA) is 69.1 Å². The van der Waals surface area contributed by atoms with Crippen molar-refractivity contribution in [2.75, 3.05) is 0 Å². The summed E-state index contributed by atoms with van der Waals surface area (Å²) in [5.74, 6) is 0.339. The van der Waals surface area contributed by atoms with Crippen LogP contribution in [0.5, 0.6) is 0 Å². The Bertz CT molecular complexity index is 147. The van der Waals surface area contributed by atoms with E-state index >= 15 is 0 Å². The zero-order valence-electron chi connectivity index (χ0n) is 6.75. The maximum atomic E-state index is 10.4. The van der Waals surface area contributed by atoms with Crippen LogP contribution >= 0.6 is 0 Å². The highest BCUT2D eigenvalue weighted by atomic mass is 16.1. The number of hydrogen-bond acceptors (Lipinski definition) is 2. The van der Waals surface area contributed by atoms with Crippen LogP contribution in [-0.4, -0.2) is 11.9 Å². The van der Waals surface area contributed by atoms with E-state index < -0.39 is 0 Å². The second-order valence-electron chi connectivity index (χ2n) is 3.36. The van der Waals surface area contributed by atoms with Gasteiger partial charge in [-0.1, -0.05) is 6.42 Å². The Morgan fingerprint density at radius 2 is 2.18 bits per heavy atom. The average Bonchev–Trinajstić information content (AvgIpc) is 2.31. The van der Waals surface area contributed by atoms with Crippen LogP contribution in [0.1, 0.15) is 32.1 Å². The Labute approximate surface area is 67.1 Å². The fraction of sp³-hybridized carbons (Fsp3) is 0.875. The number of nitrogens with two attached hydrogens (primary N) is 2. The van der Waals surface area contributed by atoms with E-state index in [1.165, 1.54) is 12.8 Å². The normalized spacial score (nSPS) is 30.6. The van der Waals surface area contributed by atoms with Gasteiger partial charge in [0.1, 0.15) is 0 Å². The third kappa shape index (κ3) is 2.50. The van der Waals surface area contributed by atoms with E-state index in [0.29, 0.717) is 18.4 Å². The first-order valence-electron chi connectivity index (χ1n) is 4.24. The van der Waals surface area contributed by atoms with Crippen LogP contribution < -0.4 is 11.5 Å². The molecule has 3 heteroatoms. The second kappa shape index (κ2) is 3.72. The third-order valence-corrected chi connectivity index (χ3v) is 2.48. The molecule has 11 heavy (non-hydrogen) atoms. The van der Waals surface area contributed by atoms with E-state index in [2.05, 4.69) is 0 Å². The van der Waals surface area contributed by atoms with E-state index in [1.807, 2.05) is 0 Å². The van der Waals surface area contributed by atoms with Crippen molar-refractivity contribution in [3.63, 3.8) is 0 Å². The van der Waals surface area contributed by atoms with Crippen LogP contribution in [0.15, 0.2) is 0 Å². The van der Waals surface area contributed by atoms with Crippen LogP contribution in [0.4, 0.5) is 0 Å². The van der Waals surface area contributed by atoms with Crippen LogP contribution in [0.25, 0.3) is 0 Å². The molecule has 3 nitrogen and oxygen atoms in total. The van der Waals surface area contributed by atoms with Gasteiger partial charge in [-0.2, -0.15) is 0 Å². The molecule has 0 heterocycles. The van der Waals surface area contributed by atoms with Crippen molar-refractivity contribution >= 4 is 5.91 Å². The van der Waals surface area contributed by atoms with E-state index in [-0.39, 0.29) is 5.91 Å². The Kier molecular flexibility index (Phi) is 2.88. The highest BCUT2D eigenvalue weighted by Gasteiger charge is 2.23. The van der Waals surface area contributed by atoms with Crippen molar-refractivity contribution in [2.45, 2.75) is 38.1 Å². The van der Waals surface area contributed by atoms with E-state index in [9.17, 15) is 4.79 Å². The summed E-state index contributed by atoms with van der Waals surface area (Å²) in [7, 11) is 0. The minimum absolute atomic E-state index is 0.205. The maximum Gasteiger partial charge on any atom is 0.217 e. The molecule has 0 radical (unpaired) electrons. The first kappa shape index (κ1) is 8.53. The van der Waals surface area contributed by atoms with Crippen molar-refractivity contribution in [2.24, 2.45) is 17.4 Å². The largest absolute Gasteiger partial charge is 0.370 e. The molecule has 1 fully saturated rings. The highest BCUT2D eigenvalue weighted by molar-refractivity contribution is 5.73. The molecule has 0 aliphatic heterocycles. The molecule has 0 aromatic rings. The van der Waals surface area contributed by atoms with Crippen molar-refractivity contribution in [3.05, 3.63) is 0 Å². The number of carbonyl (C=O) groups excluding carboxylic acids is 1. The SMILES string of the molecule is NC(=O)CCC1CCCC1N. The van der Waals surface area contributed by atoms with E-state index in [4.69, 9.17) is 11.5 Å². The molecule has 1 amide bonds. The predicted molar refractivity (Wildman–Crippen MR) is 43.7 cm³/mol. The summed E-state index contributed by atoms with van der Waals surface area (Å²) < 4.78 is 0. The molecule has 0 saturated heterocycles. The monoisotopic (exact) mass is 156 g/mol. The molecule has 0 bridgehead atoms. The molecular weight excluding hydrogens is 140 g/mol. The summed E-state index contributed by atoms with van der Waals surface area (Å²) in [6.45, 7) is 0. The van der Waals surface area contributed by atoms with Crippen molar-refractivity contribution < 1.29 is 4.79 Å². The van der Waals surface area contributed by atoms with Crippen LogP contribution in [0.3, 0.4) is 0 Å². The molecule has 64 valence electrons. The minimum atomic E-state index is -0.205. The molecule has 1 rings (SSSR count). The Morgan fingerprint density at radius 3 is 2.64 bits per heavy atom. The van der Waals surface area contributed by atoms with Gasteiger partial charge in [0.15, 0.2) is 0 Å². The lowest BCUT2D eigenvalue weighted by Crippen LogP contribution is -2.25. The molecule has 2 unspecified atom stereocenters. The first-order valence-corrected chi connectivity index (χ1v) is 4.24. The number of hydrogen-bond donors (Lipinski definition) is 2. The Morgan fingerprint density at radius 1 is 1.45 bits per heavy atom. The summed E-state index contributed by atoms with van der Waals surface area (Å²) >= 11 is 0. The van der Waals surface area contributed by atoms with Gasteiger partial charge >= 0.3 is 0 Å². The lowest BCUT2D eigenvalue weighted by molar-refractivity contribution is -0.118. The Balaban J connectivity index is 2.20. The quantitative estimate of drug-likeness (QED) is 0.620. The maximum absolute atomic E-state index is 10.4. The predicted octanol–water partition coefficient (Wildman–Crippen LogP) is 0.379. The van der Waals surface area contributed by atoms with Crippen molar-refractivity contribution in [3.8, 4) is 0 Å². The number of carbonyl (C=O) groups is 1. The summed E-state index contributed by atoms with van der Waals surface area (Å²) in [5.41, 5.74) is 10.8. The van der Waals surface area contributed by atoms with Gasteiger partial charge in [0.05, 0.1) is 0 Å². The minimum Gasteiger partial charge on any atom is -0.370 e. The van der Waals surface area contributed by atoms with Gasteiger partial charge in [-0.15, -0.1) is 0 Å². The standard InChI is InChI=1S/C8H16N2O/c9-7-3-1-2-6(7)4-5-8(10)11/h6-7H,1-5,9H2,(H2,10,11). The van der Waals surface area contributed by atoms with Gasteiger partial charge in [0, 0.05) is 12.5 Å². The zero-order valence-corrected chi connectivity index (χ0v) is 6.75. The fourth-order valence-corrected chi connectivity index (χ4v) is 1.75. The summed E-state index contributed by atoms with van der Waals surface area (Å²) in [6.07, 6.45) is 4.89. The highest BCUT2D eigenvalue weighted by Crippen LogP contribution is 2.27. The van der Waals surface area contributed by atoms with Crippen LogP contribution in [0.2, 0.25) is 0 Å². The summed E-state index contributed by atoms with van der Waals surface area (Å²) in [4.78, 5) is 10.4. The van der Waals surface area contributed by atoms with Crippen LogP contribution in [0, 0.1) is 5.92 Å². The zero-order chi connectivity index (χ0) is 8.27. The molecule has 2 atom stereocenters. The van der Waals surface area contributed by atoms with Gasteiger partial charge in [-0.3, -0.25) is 4.79 Å². The molecule has 1 saturated carbocycles. The number of primary amides is 1. The lowest BCUT2D eigenvalue weighted by atomic mass is 9.98. The average molecular weight is 156 g/mol. The van der Waals surface area contributed by atoms with Gasteiger partial charge in [0.2, 0.25) is 5.91 Å². The smallest absolute Gasteiger partial charge is 0.217 e. The summed E-state index contributed by atoms with van der Waals surface area (Å²) in [5, 5.41) is 0. The van der Waals surface area contributed by atoms with Gasteiger partial charge in [-0.25, -0.2) is 0 Å². The van der Waals surface area contributed by atoms with Gasteiger partial charge in [-0.05, 0) is 25.2 Å². The molecule has 0 aromatic carbocycles.